The van der Waals surface area contributed by atoms with E-state index in [9.17, 15) is 9.59 Å². The largest absolute Gasteiger partial charge is 0.456 e. The van der Waals surface area contributed by atoms with Gasteiger partial charge in [-0.15, -0.1) is 0 Å². The monoisotopic (exact) mass is 344 g/mol. The second-order valence-corrected chi connectivity index (χ2v) is 6.12. The number of nitrogens with one attached hydrogen (secondary N) is 2. The minimum atomic E-state index is -0.686. The Bertz CT molecular complexity index is 737. The molecule has 0 saturated heterocycles. The lowest BCUT2D eigenvalue weighted by Crippen LogP contribution is -2.27. The van der Waals surface area contributed by atoms with Gasteiger partial charge >= 0.3 is 12.1 Å². The van der Waals surface area contributed by atoms with Crippen LogP contribution < -0.4 is 21.1 Å². The summed E-state index contributed by atoms with van der Waals surface area (Å²) in [6.45, 7) is 5.38. The number of carbonyl (C=O) groups excluding carboxylic acids is 2. The molecule has 0 spiro atoms. The van der Waals surface area contributed by atoms with E-state index >= 15 is 0 Å². The molecule has 0 aliphatic carbocycles. The molecule has 25 heavy (non-hydrogen) atoms. The fourth-order valence-electron chi connectivity index (χ4n) is 1.80. The Morgan fingerprint density at radius 1 is 1.00 bits per heavy atom. The summed E-state index contributed by atoms with van der Waals surface area (Å²) in [7, 11) is 0. The van der Waals surface area contributed by atoms with E-state index < -0.39 is 17.7 Å². The van der Waals surface area contributed by atoms with Crippen molar-refractivity contribution in [3.8, 4) is 11.5 Å². The minimum Gasteiger partial charge on any atom is -0.456 e. The molecule has 1 heterocycles. The van der Waals surface area contributed by atoms with Crippen molar-refractivity contribution in [3.63, 3.8) is 0 Å². The molecule has 0 unspecified atom stereocenters. The molecule has 8 nitrogen and oxygen atoms in total. The second-order valence-electron chi connectivity index (χ2n) is 6.12. The number of amides is 3. The lowest BCUT2D eigenvalue weighted by molar-refractivity contribution is 0.0636. The van der Waals surface area contributed by atoms with E-state index in [-0.39, 0.29) is 0 Å². The average molecular weight is 344 g/mol. The number of hydrogen-bond acceptors (Lipinski definition) is 5. The van der Waals surface area contributed by atoms with Crippen LogP contribution in [0, 0.1) is 0 Å². The molecular weight excluding hydrogens is 324 g/mol. The number of urea groups is 1. The molecule has 1 aromatic carbocycles. The fraction of sp³-hybridized carbons (Fsp3) is 0.235. The second kappa shape index (κ2) is 7.52. The van der Waals surface area contributed by atoms with Gasteiger partial charge in [-0.1, -0.05) is 0 Å². The van der Waals surface area contributed by atoms with Gasteiger partial charge in [0.05, 0.1) is 6.20 Å². The summed E-state index contributed by atoms with van der Waals surface area (Å²) in [5, 5.41) is 4.99. The van der Waals surface area contributed by atoms with Crippen LogP contribution in [0.3, 0.4) is 0 Å². The van der Waals surface area contributed by atoms with Gasteiger partial charge in [0.15, 0.2) is 0 Å². The third-order valence-corrected chi connectivity index (χ3v) is 2.72. The first-order valence-electron chi connectivity index (χ1n) is 7.52. The SMILES string of the molecule is CC(C)(C)OC(=O)Nc1ccc(Oc2ccc(NC(N)=O)nc2)cc1. The highest BCUT2D eigenvalue weighted by Crippen LogP contribution is 2.23. The molecular formula is C17H20N4O4. The molecule has 8 heteroatoms. The number of hydrogen-bond donors (Lipinski definition) is 3. The van der Waals surface area contributed by atoms with Crippen molar-refractivity contribution in [1.82, 2.24) is 4.98 Å². The van der Waals surface area contributed by atoms with Crippen LogP contribution in [0.5, 0.6) is 11.5 Å². The fourth-order valence-corrected chi connectivity index (χ4v) is 1.80. The first-order chi connectivity index (χ1) is 11.7. The van der Waals surface area contributed by atoms with Crippen molar-refractivity contribution in [1.29, 1.82) is 0 Å². The van der Waals surface area contributed by atoms with Crippen LogP contribution in [-0.4, -0.2) is 22.7 Å². The van der Waals surface area contributed by atoms with Crippen LogP contribution in [0.2, 0.25) is 0 Å². The predicted octanol–water partition coefficient (Wildman–Crippen LogP) is 3.71. The highest BCUT2D eigenvalue weighted by Gasteiger charge is 2.16. The van der Waals surface area contributed by atoms with Crippen molar-refractivity contribution >= 4 is 23.6 Å². The third-order valence-electron chi connectivity index (χ3n) is 2.72. The number of nitrogens with two attached hydrogens (primary N) is 1. The Morgan fingerprint density at radius 3 is 2.16 bits per heavy atom. The Hall–Kier alpha value is -3.29. The summed E-state index contributed by atoms with van der Waals surface area (Å²) in [5.41, 5.74) is 5.03. The molecule has 3 amide bonds. The Kier molecular flexibility index (Phi) is 5.43. The zero-order chi connectivity index (χ0) is 18.4. The maximum absolute atomic E-state index is 11.7. The normalized spacial score (nSPS) is 10.7. The van der Waals surface area contributed by atoms with Crippen molar-refractivity contribution in [2.75, 3.05) is 10.6 Å². The molecule has 4 N–H and O–H groups in total. The highest BCUT2D eigenvalue weighted by molar-refractivity contribution is 5.86. The van der Waals surface area contributed by atoms with Gasteiger partial charge in [-0.2, -0.15) is 0 Å². The van der Waals surface area contributed by atoms with Gasteiger partial charge in [0.1, 0.15) is 22.9 Å². The Morgan fingerprint density at radius 2 is 1.64 bits per heavy atom. The van der Waals surface area contributed by atoms with E-state index in [1.54, 1.807) is 57.2 Å². The summed E-state index contributed by atoms with van der Waals surface area (Å²) >= 11 is 0. The highest BCUT2D eigenvalue weighted by atomic mass is 16.6. The number of benzene rings is 1. The van der Waals surface area contributed by atoms with Crippen LogP contribution >= 0.6 is 0 Å². The Balaban J connectivity index is 1.93. The number of aromatic nitrogens is 1. The lowest BCUT2D eigenvalue weighted by atomic mass is 10.2. The van der Waals surface area contributed by atoms with Crippen molar-refractivity contribution < 1.29 is 19.1 Å². The van der Waals surface area contributed by atoms with Crippen molar-refractivity contribution in [2.24, 2.45) is 5.73 Å². The summed E-state index contributed by atoms with van der Waals surface area (Å²) < 4.78 is 10.8. The van der Waals surface area contributed by atoms with Crippen LogP contribution in [0.1, 0.15) is 20.8 Å². The minimum absolute atomic E-state index is 0.330. The zero-order valence-electron chi connectivity index (χ0n) is 14.2. The number of ether oxygens (including phenoxy) is 2. The summed E-state index contributed by atoms with van der Waals surface area (Å²) in [6, 6.07) is 9.30. The molecule has 0 saturated carbocycles. The first kappa shape index (κ1) is 18.1. The van der Waals surface area contributed by atoms with Crippen LogP contribution in [0.15, 0.2) is 42.6 Å². The quantitative estimate of drug-likeness (QED) is 0.782. The predicted molar refractivity (Wildman–Crippen MR) is 93.8 cm³/mol. The Labute approximate surface area is 145 Å². The van der Waals surface area contributed by atoms with Gasteiger partial charge < -0.3 is 15.2 Å². The molecule has 0 atom stereocenters. The zero-order valence-corrected chi connectivity index (χ0v) is 14.2. The number of anilines is 2. The molecule has 0 aliphatic rings. The summed E-state index contributed by atoms with van der Waals surface area (Å²) in [4.78, 5) is 26.4. The molecule has 132 valence electrons. The van der Waals surface area contributed by atoms with E-state index in [0.29, 0.717) is 23.0 Å². The van der Waals surface area contributed by atoms with Crippen molar-refractivity contribution in [2.45, 2.75) is 26.4 Å². The van der Waals surface area contributed by atoms with Crippen LogP contribution in [-0.2, 0) is 4.74 Å². The molecule has 0 bridgehead atoms. The van der Waals surface area contributed by atoms with Gasteiger partial charge in [0.2, 0.25) is 0 Å². The van der Waals surface area contributed by atoms with E-state index in [2.05, 4.69) is 15.6 Å². The van der Waals surface area contributed by atoms with E-state index in [1.807, 2.05) is 0 Å². The van der Waals surface area contributed by atoms with E-state index in [0.717, 1.165) is 0 Å². The smallest absolute Gasteiger partial charge is 0.412 e. The van der Waals surface area contributed by atoms with Gasteiger partial charge in [-0.25, -0.2) is 14.6 Å². The van der Waals surface area contributed by atoms with Gasteiger partial charge in [0.25, 0.3) is 0 Å². The first-order valence-corrected chi connectivity index (χ1v) is 7.52. The van der Waals surface area contributed by atoms with Crippen molar-refractivity contribution in [3.05, 3.63) is 42.6 Å². The molecule has 2 aromatic rings. The standard InChI is InChI=1S/C17H20N4O4/c1-17(2,3)25-16(23)20-11-4-6-12(7-5-11)24-13-8-9-14(19-10-13)21-15(18)22/h4-10H,1-3H3,(H,20,23)(H3,18,19,21,22). The number of carbonyl (C=O) groups is 2. The number of primary amides is 1. The molecule has 2 rings (SSSR count). The lowest BCUT2D eigenvalue weighted by Gasteiger charge is -2.19. The number of rotatable bonds is 4. The molecule has 0 radical (unpaired) electrons. The number of nitrogens with zero attached hydrogens (tertiary/aromatic N) is 1. The topological polar surface area (TPSA) is 116 Å². The van der Waals surface area contributed by atoms with E-state index in [1.165, 1.54) is 6.20 Å². The maximum Gasteiger partial charge on any atom is 0.412 e. The van der Waals surface area contributed by atoms with Crippen LogP contribution in [0.4, 0.5) is 21.1 Å². The summed E-state index contributed by atoms with van der Waals surface area (Å²) in [5.74, 6) is 1.38. The van der Waals surface area contributed by atoms with Crippen LogP contribution in [0.25, 0.3) is 0 Å². The maximum atomic E-state index is 11.7. The average Bonchev–Trinajstić information content (AvgIpc) is 2.49. The van der Waals surface area contributed by atoms with Gasteiger partial charge in [-0.05, 0) is 57.2 Å². The molecule has 1 aromatic heterocycles. The van der Waals surface area contributed by atoms with E-state index in [4.69, 9.17) is 15.2 Å². The van der Waals surface area contributed by atoms with Gasteiger partial charge in [-0.3, -0.25) is 10.6 Å². The number of pyridine rings is 1. The van der Waals surface area contributed by atoms with Gasteiger partial charge in [0, 0.05) is 5.69 Å². The molecule has 0 aliphatic heterocycles. The third kappa shape index (κ3) is 6.38. The molecule has 0 fully saturated rings. The summed E-state index contributed by atoms with van der Waals surface area (Å²) in [6.07, 6.45) is 0.931.